The Kier molecular flexibility index (Phi) is 4.78. The van der Waals surface area contributed by atoms with Gasteiger partial charge in [-0.1, -0.05) is 10.2 Å². The molecule has 3 rings (SSSR count). The SMILES string of the molecule is CCOc1nnc([N+]2([O-])CN(C)CC2OC(=O)C2CCCO2)s1. The predicted molar refractivity (Wildman–Crippen MR) is 82.6 cm³/mol. The van der Waals surface area contributed by atoms with Crippen LogP contribution in [0.4, 0.5) is 5.13 Å². The third-order valence-electron chi connectivity index (χ3n) is 3.82. The van der Waals surface area contributed by atoms with Crippen molar-refractivity contribution in [3.05, 3.63) is 5.21 Å². The number of esters is 1. The smallest absolute Gasteiger partial charge is 0.339 e. The summed E-state index contributed by atoms with van der Waals surface area (Å²) in [5.74, 6) is -0.476. The molecule has 0 amide bonds. The molecule has 0 aliphatic carbocycles. The second-order valence-electron chi connectivity index (χ2n) is 5.65. The summed E-state index contributed by atoms with van der Waals surface area (Å²) in [5, 5.41) is 21.6. The number of hydrogen-bond acceptors (Lipinski definition) is 9. The summed E-state index contributed by atoms with van der Waals surface area (Å²) in [4.78, 5) is 14.0. The maximum absolute atomic E-state index is 13.2. The number of hydroxylamine groups is 2. The Morgan fingerprint density at radius 2 is 2.39 bits per heavy atom. The minimum Gasteiger partial charge on any atom is -0.622 e. The van der Waals surface area contributed by atoms with Gasteiger partial charge in [-0.2, -0.15) is 0 Å². The first-order valence-electron chi connectivity index (χ1n) is 7.59. The molecule has 10 heteroatoms. The Balaban J connectivity index is 1.75. The molecule has 128 valence electrons. The van der Waals surface area contributed by atoms with Gasteiger partial charge in [-0.3, -0.25) is 4.65 Å². The lowest BCUT2D eigenvalue weighted by Crippen LogP contribution is -2.51. The van der Waals surface area contributed by atoms with Crippen LogP contribution < -0.4 is 9.38 Å². The maximum Gasteiger partial charge on any atom is 0.339 e. The largest absolute Gasteiger partial charge is 0.622 e. The van der Waals surface area contributed by atoms with E-state index in [4.69, 9.17) is 14.2 Å². The summed E-state index contributed by atoms with van der Waals surface area (Å²) >= 11 is 1.08. The lowest BCUT2D eigenvalue weighted by molar-refractivity contribution is -0.164. The van der Waals surface area contributed by atoms with Crippen molar-refractivity contribution in [2.24, 2.45) is 0 Å². The lowest BCUT2D eigenvalue weighted by atomic mass is 10.2. The molecule has 1 aromatic heterocycles. The molecule has 0 N–H and O–H groups in total. The summed E-state index contributed by atoms with van der Waals surface area (Å²) in [5.41, 5.74) is 0. The zero-order chi connectivity index (χ0) is 16.4. The molecule has 9 nitrogen and oxygen atoms in total. The molecule has 3 atom stereocenters. The van der Waals surface area contributed by atoms with Crippen LogP contribution in [-0.2, 0) is 14.3 Å². The average molecular weight is 344 g/mol. The zero-order valence-electron chi connectivity index (χ0n) is 13.1. The highest BCUT2D eigenvalue weighted by molar-refractivity contribution is 7.16. The molecule has 1 aromatic rings. The van der Waals surface area contributed by atoms with Crippen LogP contribution in [0.5, 0.6) is 5.19 Å². The van der Waals surface area contributed by atoms with Crippen LogP contribution in [0.2, 0.25) is 0 Å². The monoisotopic (exact) mass is 344 g/mol. The fraction of sp³-hybridized carbons (Fsp3) is 0.769. The molecule has 0 bridgehead atoms. The predicted octanol–water partition coefficient (Wildman–Crippen LogP) is 0.693. The minimum atomic E-state index is -0.876. The normalized spacial score (nSPS) is 31.4. The van der Waals surface area contributed by atoms with Gasteiger partial charge in [-0.25, -0.2) is 9.69 Å². The van der Waals surface area contributed by atoms with Crippen LogP contribution in [0.3, 0.4) is 0 Å². The van der Waals surface area contributed by atoms with Crippen molar-refractivity contribution in [2.45, 2.75) is 32.1 Å². The third kappa shape index (κ3) is 3.31. The van der Waals surface area contributed by atoms with Crippen molar-refractivity contribution in [1.82, 2.24) is 19.7 Å². The van der Waals surface area contributed by atoms with Crippen molar-refractivity contribution in [1.29, 1.82) is 0 Å². The standard InChI is InChI=1S/C13H20N4O5S/c1-3-20-13-15-14-12(23-13)17(19)8-16(2)7-10(17)22-11(18)9-5-4-6-21-9/h9-10H,3-8H2,1-2H3. The molecule has 3 heterocycles. The average Bonchev–Trinajstić information content (AvgIpc) is 3.21. The second-order valence-corrected chi connectivity index (χ2v) is 6.57. The molecule has 2 fully saturated rings. The Bertz CT molecular complexity index is 564. The van der Waals surface area contributed by atoms with Crippen LogP contribution in [-0.4, -0.2) is 66.9 Å². The molecular formula is C13H20N4O5S. The fourth-order valence-electron chi connectivity index (χ4n) is 2.72. The van der Waals surface area contributed by atoms with Crippen molar-refractivity contribution in [3.8, 4) is 5.19 Å². The number of carbonyl (C=O) groups is 1. The van der Waals surface area contributed by atoms with E-state index < -0.39 is 22.9 Å². The number of nitrogens with zero attached hydrogens (tertiary/aromatic N) is 4. The molecule has 23 heavy (non-hydrogen) atoms. The van der Waals surface area contributed by atoms with Crippen LogP contribution in [0.15, 0.2) is 0 Å². The lowest BCUT2D eigenvalue weighted by Gasteiger charge is -2.38. The van der Waals surface area contributed by atoms with E-state index in [1.54, 1.807) is 7.05 Å². The molecule has 3 unspecified atom stereocenters. The van der Waals surface area contributed by atoms with Gasteiger partial charge < -0.3 is 19.4 Å². The van der Waals surface area contributed by atoms with Crippen LogP contribution in [0, 0.1) is 5.21 Å². The Hall–Kier alpha value is -1.33. The number of hydrogen-bond donors (Lipinski definition) is 0. The number of quaternary nitrogens is 1. The molecule has 0 aromatic carbocycles. The quantitative estimate of drug-likeness (QED) is 0.437. The van der Waals surface area contributed by atoms with Gasteiger partial charge in [0.05, 0.1) is 13.2 Å². The van der Waals surface area contributed by atoms with Crippen molar-refractivity contribution in [2.75, 3.05) is 33.5 Å². The number of likely N-dealkylation sites (N-methyl/N-ethyl adjacent to an activating group) is 1. The van der Waals surface area contributed by atoms with E-state index in [0.717, 1.165) is 17.8 Å². The molecule has 0 radical (unpaired) electrons. The van der Waals surface area contributed by atoms with E-state index in [0.29, 0.717) is 31.4 Å². The zero-order valence-corrected chi connectivity index (χ0v) is 14.0. The Morgan fingerprint density at radius 1 is 1.57 bits per heavy atom. The molecule has 0 saturated carbocycles. The molecule has 2 saturated heterocycles. The van der Waals surface area contributed by atoms with Gasteiger partial charge in [0, 0.05) is 17.9 Å². The number of aromatic nitrogens is 2. The first kappa shape index (κ1) is 16.5. The van der Waals surface area contributed by atoms with E-state index in [9.17, 15) is 10.0 Å². The molecule has 0 spiro atoms. The molecule has 2 aliphatic heterocycles. The van der Waals surface area contributed by atoms with Gasteiger partial charge in [0.1, 0.15) is 6.67 Å². The highest BCUT2D eigenvalue weighted by Crippen LogP contribution is 2.36. The van der Waals surface area contributed by atoms with Crippen molar-refractivity contribution < 1.29 is 19.0 Å². The maximum atomic E-state index is 13.2. The minimum absolute atomic E-state index is 0.143. The number of rotatable bonds is 5. The summed E-state index contributed by atoms with van der Waals surface area (Å²) in [6, 6.07) is 0. The number of carbonyl (C=O) groups excluding carboxylic acids is 1. The van der Waals surface area contributed by atoms with Gasteiger partial charge >= 0.3 is 11.1 Å². The summed E-state index contributed by atoms with van der Waals surface area (Å²) in [6.07, 6.45) is 0.0190. The van der Waals surface area contributed by atoms with E-state index in [1.807, 2.05) is 11.8 Å². The van der Waals surface area contributed by atoms with Gasteiger partial charge in [0.15, 0.2) is 6.10 Å². The first-order valence-corrected chi connectivity index (χ1v) is 8.41. The van der Waals surface area contributed by atoms with Crippen LogP contribution in [0.25, 0.3) is 0 Å². The topological polar surface area (TPSA) is 96.8 Å². The summed E-state index contributed by atoms with van der Waals surface area (Å²) in [7, 11) is 1.80. The number of ether oxygens (including phenoxy) is 3. The fourth-order valence-corrected chi connectivity index (χ4v) is 3.55. The second kappa shape index (κ2) is 6.65. The van der Waals surface area contributed by atoms with E-state index in [2.05, 4.69) is 10.2 Å². The van der Waals surface area contributed by atoms with Crippen molar-refractivity contribution >= 4 is 22.4 Å². The van der Waals surface area contributed by atoms with Gasteiger partial charge in [-0.15, -0.1) is 0 Å². The van der Waals surface area contributed by atoms with E-state index >= 15 is 0 Å². The Labute approximate surface area is 137 Å². The van der Waals surface area contributed by atoms with Gasteiger partial charge in [0.2, 0.25) is 0 Å². The van der Waals surface area contributed by atoms with Crippen molar-refractivity contribution in [3.63, 3.8) is 0 Å². The summed E-state index contributed by atoms with van der Waals surface area (Å²) < 4.78 is 15.2. The highest BCUT2D eigenvalue weighted by Gasteiger charge is 2.46. The highest BCUT2D eigenvalue weighted by atomic mass is 32.1. The summed E-state index contributed by atoms with van der Waals surface area (Å²) in [6.45, 7) is 3.31. The van der Waals surface area contributed by atoms with Gasteiger partial charge in [-0.05, 0) is 26.8 Å². The van der Waals surface area contributed by atoms with E-state index in [1.165, 1.54) is 0 Å². The van der Waals surface area contributed by atoms with E-state index in [-0.39, 0.29) is 11.8 Å². The van der Waals surface area contributed by atoms with Gasteiger partial charge in [0.25, 0.3) is 11.4 Å². The first-order chi connectivity index (χ1) is 11.0. The molecular weight excluding hydrogens is 324 g/mol. The van der Waals surface area contributed by atoms with Crippen LogP contribution >= 0.6 is 11.3 Å². The molecule has 2 aliphatic rings. The third-order valence-corrected chi connectivity index (χ3v) is 4.76. The van der Waals surface area contributed by atoms with Crippen LogP contribution in [0.1, 0.15) is 19.8 Å². The Morgan fingerprint density at radius 3 is 3.09 bits per heavy atom.